The van der Waals surface area contributed by atoms with Crippen LogP contribution in [0.1, 0.15) is 20.8 Å². The molecular formula is C14H14N4O3S2. The summed E-state index contributed by atoms with van der Waals surface area (Å²) in [4.78, 5) is 21.2. The SMILES string of the molecule is Cc1sc2c(c1C)C(=O)/C(=C/Nc1ncccn1)S(=O)(=O)N2C. The summed E-state index contributed by atoms with van der Waals surface area (Å²) in [6.07, 6.45) is 4.18. The monoisotopic (exact) mass is 350 g/mol. The normalized spacial score (nSPS) is 18.1. The van der Waals surface area contributed by atoms with Crippen LogP contribution in [0.15, 0.2) is 29.6 Å². The number of ketones is 1. The summed E-state index contributed by atoms with van der Waals surface area (Å²) in [6, 6.07) is 1.64. The highest BCUT2D eigenvalue weighted by Gasteiger charge is 2.41. The summed E-state index contributed by atoms with van der Waals surface area (Å²) in [5.41, 5.74) is 1.24. The van der Waals surface area contributed by atoms with Gasteiger partial charge in [0.15, 0.2) is 4.91 Å². The van der Waals surface area contributed by atoms with Gasteiger partial charge in [0.2, 0.25) is 11.7 Å². The van der Waals surface area contributed by atoms with E-state index in [0.717, 1.165) is 20.9 Å². The molecule has 0 fully saturated rings. The molecule has 120 valence electrons. The maximum Gasteiger partial charge on any atom is 0.270 e. The van der Waals surface area contributed by atoms with Crippen molar-refractivity contribution in [1.82, 2.24) is 9.97 Å². The van der Waals surface area contributed by atoms with Gasteiger partial charge in [-0.1, -0.05) is 0 Å². The van der Waals surface area contributed by atoms with Crippen LogP contribution in [0.4, 0.5) is 10.9 Å². The van der Waals surface area contributed by atoms with Gasteiger partial charge in [-0.3, -0.25) is 9.10 Å². The van der Waals surface area contributed by atoms with Crippen LogP contribution >= 0.6 is 11.3 Å². The third-order valence-electron chi connectivity index (χ3n) is 3.64. The summed E-state index contributed by atoms with van der Waals surface area (Å²) in [5.74, 6) is -0.293. The molecule has 0 radical (unpaired) electrons. The number of carbonyl (C=O) groups excluding carboxylic acids is 1. The van der Waals surface area contributed by atoms with Gasteiger partial charge in [0, 0.05) is 30.5 Å². The Kier molecular flexibility index (Phi) is 3.69. The van der Waals surface area contributed by atoms with Gasteiger partial charge in [-0.15, -0.1) is 11.3 Å². The molecule has 0 atom stereocenters. The largest absolute Gasteiger partial charge is 0.329 e. The third kappa shape index (κ3) is 2.41. The lowest BCUT2D eigenvalue weighted by atomic mass is 10.1. The van der Waals surface area contributed by atoms with Crippen molar-refractivity contribution in [2.75, 3.05) is 16.7 Å². The van der Waals surface area contributed by atoms with Crippen LogP contribution in [0.25, 0.3) is 0 Å². The minimum Gasteiger partial charge on any atom is -0.329 e. The number of sulfonamides is 1. The van der Waals surface area contributed by atoms with Gasteiger partial charge in [-0.25, -0.2) is 18.4 Å². The van der Waals surface area contributed by atoms with Crippen LogP contribution in [0.3, 0.4) is 0 Å². The van der Waals surface area contributed by atoms with Crippen molar-refractivity contribution in [3.8, 4) is 0 Å². The first-order valence-corrected chi connectivity index (χ1v) is 8.97. The quantitative estimate of drug-likeness (QED) is 0.834. The van der Waals surface area contributed by atoms with Gasteiger partial charge in [-0.05, 0) is 25.5 Å². The maximum atomic E-state index is 12.7. The first-order chi connectivity index (χ1) is 10.8. The van der Waals surface area contributed by atoms with Gasteiger partial charge >= 0.3 is 0 Å². The molecule has 0 aromatic carbocycles. The number of aryl methyl sites for hydroxylation is 1. The number of nitrogens with one attached hydrogen (secondary N) is 1. The van der Waals surface area contributed by atoms with Crippen molar-refractivity contribution in [2.24, 2.45) is 0 Å². The number of allylic oxidation sites excluding steroid dienone is 1. The van der Waals surface area contributed by atoms with Crippen LogP contribution in [-0.2, 0) is 10.0 Å². The van der Waals surface area contributed by atoms with E-state index in [1.165, 1.54) is 30.8 Å². The molecule has 23 heavy (non-hydrogen) atoms. The average molecular weight is 350 g/mol. The Balaban J connectivity index is 2.10. The first-order valence-electron chi connectivity index (χ1n) is 6.71. The standard InChI is InChI=1S/C14H14N4O3S2/c1-8-9(2)22-13-11(8)12(19)10(23(20,21)18(13)3)7-17-14-15-5-4-6-16-14/h4-7H,1-3H3,(H,15,16,17)/b10-7-. The number of fused-ring (bicyclic) bond motifs is 1. The molecule has 2 aromatic heterocycles. The number of aromatic nitrogens is 2. The minimum atomic E-state index is -3.90. The average Bonchev–Trinajstić information content (AvgIpc) is 2.82. The number of anilines is 2. The molecule has 7 nitrogen and oxygen atoms in total. The number of hydrogen-bond acceptors (Lipinski definition) is 7. The number of Topliss-reactive ketones (excluding diaryl/α,β-unsaturated/α-hetero) is 1. The zero-order valence-corrected chi connectivity index (χ0v) is 14.3. The Labute approximate surface area is 137 Å². The first kappa shape index (κ1) is 15.6. The van der Waals surface area contributed by atoms with E-state index in [1.807, 2.05) is 13.8 Å². The minimum absolute atomic E-state index is 0.217. The number of nitrogens with zero attached hydrogens (tertiary/aromatic N) is 3. The summed E-state index contributed by atoms with van der Waals surface area (Å²) in [7, 11) is -2.45. The molecule has 1 aliphatic heterocycles. The summed E-state index contributed by atoms with van der Waals surface area (Å²) in [6.45, 7) is 3.69. The van der Waals surface area contributed by atoms with Crippen molar-refractivity contribution in [1.29, 1.82) is 0 Å². The van der Waals surface area contributed by atoms with Gasteiger partial charge in [0.25, 0.3) is 10.0 Å². The van der Waals surface area contributed by atoms with Crippen LogP contribution in [0, 0.1) is 13.8 Å². The molecule has 0 unspecified atom stereocenters. The zero-order valence-electron chi connectivity index (χ0n) is 12.7. The highest BCUT2D eigenvalue weighted by molar-refractivity contribution is 7.98. The maximum absolute atomic E-state index is 12.7. The molecule has 3 rings (SSSR count). The summed E-state index contributed by atoms with van der Waals surface area (Å²) >= 11 is 1.30. The van der Waals surface area contributed by atoms with Crippen LogP contribution in [0.2, 0.25) is 0 Å². The van der Waals surface area contributed by atoms with E-state index in [9.17, 15) is 13.2 Å². The van der Waals surface area contributed by atoms with E-state index in [-0.39, 0.29) is 10.9 Å². The molecule has 0 amide bonds. The van der Waals surface area contributed by atoms with E-state index in [4.69, 9.17) is 0 Å². The van der Waals surface area contributed by atoms with E-state index in [1.54, 1.807) is 6.07 Å². The molecule has 1 aliphatic rings. The van der Waals surface area contributed by atoms with Crippen molar-refractivity contribution < 1.29 is 13.2 Å². The number of hydrogen-bond donors (Lipinski definition) is 1. The molecule has 2 aromatic rings. The second-order valence-electron chi connectivity index (χ2n) is 4.99. The Morgan fingerprint density at radius 2 is 1.91 bits per heavy atom. The second kappa shape index (κ2) is 5.43. The molecule has 0 saturated carbocycles. The van der Waals surface area contributed by atoms with E-state index >= 15 is 0 Å². The zero-order chi connectivity index (χ0) is 16.8. The molecule has 0 spiro atoms. The van der Waals surface area contributed by atoms with Crippen molar-refractivity contribution >= 4 is 38.1 Å². The highest BCUT2D eigenvalue weighted by Crippen LogP contribution is 2.42. The smallest absolute Gasteiger partial charge is 0.270 e. The van der Waals surface area contributed by atoms with Crippen LogP contribution in [0.5, 0.6) is 0 Å². The van der Waals surface area contributed by atoms with Crippen molar-refractivity contribution in [2.45, 2.75) is 13.8 Å². The van der Waals surface area contributed by atoms with E-state index in [2.05, 4.69) is 15.3 Å². The summed E-state index contributed by atoms with van der Waals surface area (Å²) < 4.78 is 26.3. The third-order valence-corrected chi connectivity index (χ3v) is 6.80. The van der Waals surface area contributed by atoms with E-state index < -0.39 is 15.8 Å². The lowest BCUT2D eigenvalue weighted by Crippen LogP contribution is -2.36. The molecule has 0 saturated heterocycles. The number of carbonyl (C=O) groups is 1. The predicted octanol–water partition coefficient (Wildman–Crippen LogP) is 2.07. The molecule has 9 heteroatoms. The van der Waals surface area contributed by atoms with Crippen molar-refractivity contribution in [3.05, 3.63) is 45.6 Å². The van der Waals surface area contributed by atoms with Gasteiger partial charge in [0.05, 0.1) is 5.56 Å². The Morgan fingerprint density at radius 3 is 2.57 bits per heavy atom. The topological polar surface area (TPSA) is 92.3 Å². The fourth-order valence-corrected chi connectivity index (χ4v) is 4.82. The molecule has 0 aliphatic carbocycles. The lowest BCUT2D eigenvalue weighted by Gasteiger charge is -2.25. The lowest BCUT2D eigenvalue weighted by molar-refractivity contribution is 0.104. The Hall–Kier alpha value is -2.26. The molecular weight excluding hydrogens is 336 g/mol. The van der Waals surface area contributed by atoms with E-state index in [0.29, 0.717) is 10.6 Å². The van der Waals surface area contributed by atoms with Gasteiger partial charge < -0.3 is 5.32 Å². The fourth-order valence-electron chi connectivity index (χ4n) is 2.24. The van der Waals surface area contributed by atoms with Gasteiger partial charge in [0.1, 0.15) is 5.00 Å². The fraction of sp³-hybridized carbons (Fsp3) is 0.214. The Morgan fingerprint density at radius 1 is 1.26 bits per heavy atom. The molecule has 1 N–H and O–H groups in total. The van der Waals surface area contributed by atoms with Crippen LogP contribution < -0.4 is 9.62 Å². The predicted molar refractivity (Wildman–Crippen MR) is 89.2 cm³/mol. The summed E-state index contributed by atoms with van der Waals surface area (Å²) in [5, 5.41) is 3.13. The van der Waals surface area contributed by atoms with Gasteiger partial charge in [-0.2, -0.15) is 0 Å². The Bertz CT molecular complexity index is 917. The van der Waals surface area contributed by atoms with Crippen LogP contribution in [-0.4, -0.2) is 31.2 Å². The number of thiophene rings is 1. The molecule has 3 heterocycles. The second-order valence-corrected chi connectivity index (χ2v) is 8.13. The molecule has 0 bridgehead atoms. The number of rotatable bonds is 2. The highest BCUT2D eigenvalue weighted by atomic mass is 32.2. The van der Waals surface area contributed by atoms with Crippen molar-refractivity contribution in [3.63, 3.8) is 0 Å².